The summed E-state index contributed by atoms with van der Waals surface area (Å²) in [6, 6.07) is 4.05. The van der Waals surface area contributed by atoms with E-state index in [9.17, 15) is 0 Å². The molecular formula is C10H13ClN2. The van der Waals surface area contributed by atoms with Crippen molar-refractivity contribution in [3.63, 3.8) is 0 Å². The van der Waals surface area contributed by atoms with Gasteiger partial charge in [-0.15, -0.1) is 0 Å². The first-order valence-corrected chi connectivity index (χ1v) is 4.94. The van der Waals surface area contributed by atoms with Crippen LogP contribution in [0.5, 0.6) is 0 Å². The maximum atomic E-state index is 6.05. The molecule has 2 N–H and O–H groups in total. The van der Waals surface area contributed by atoms with Gasteiger partial charge < -0.3 is 5.73 Å². The molecule has 70 valence electrons. The molecule has 1 atom stereocenters. The average molecular weight is 197 g/mol. The normalized spacial score (nSPS) is 18.7. The monoisotopic (exact) mass is 196 g/mol. The highest BCUT2D eigenvalue weighted by Gasteiger charge is 2.29. The van der Waals surface area contributed by atoms with Crippen molar-refractivity contribution in [3.05, 3.63) is 28.5 Å². The summed E-state index contributed by atoms with van der Waals surface area (Å²) in [5.41, 5.74) is 8.12. The molecule has 0 radical (unpaired) electrons. The minimum Gasteiger partial charge on any atom is -0.324 e. The third-order valence-corrected chi connectivity index (χ3v) is 2.65. The molecule has 13 heavy (non-hydrogen) atoms. The molecule has 1 aliphatic carbocycles. The van der Waals surface area contributed by atoms with Crippen molar-refractivity contribution < 1.29 is 0 Å². The lowest BCUT2D eigenvalue weighted by Crippen LogP contribution is -2.12. The van der Waals surface area contributed by atoms with E-state index in [0.717, 1.165) is 11.3 Å². The van der Waals surface area contributed by atoms with Gasteiger partial charge in [0.15, 0.2) is 0 Å². The van der Waals surface area contributed by atoms with Crippen LogP contribution >= 0.6 is 11.6 Å². The predicted molar refractivity (Wildman–Crippen MR) is 53.6 cm³/mol. The summed E-state index contributed by atoms with van der Waals surface area (Å²) >= 11 is 5.85. The number of pyridine rings is 1. The van der Waals surface area contributed by atoms with Gasteiger partial charge in [0, 0.05) is 11.7 Å². The van der Waals surface area contributed by atoms with E-state index >= 15 is 0 Å². The molecule has 0 amide bonds. The van der Waals surface area contributed by atoms with Crippen LogP contribution in [0.4, 0.5) is 0 Å². The predicted octanol–water partition coefficient (Wildman–Crippen LogP) is 2.45. The van der Waals surface area contributed by atoms with E-state index in [0.29, 0.717) is 11.1 Å². The molecule has 2 rings (SSSR count). The summed E-state index contributed by atoms with van der Waals surface area (Å²) in [5, 5.41) is 0.547. The summed E-state index contributed by atoms with van der Waals surface area (Å²) in [7, 11) is 0. The minimum atomic E-state index is 0.152. The fourth-order valence-corrected chi connectivity index (χ4v) is 1.83. The van der Waals surface area contributed by atoms with E-state index in [1.807, 2.05) is 19.1 Å². The number of hydrogen-bond donors (Lipinski definition) is 1. The highest BCUT2D eigenvalue weighted by Crippen LogP contribution is 2.39. The Morgan fingerprint density at radius 2 is 2.23 bits per heavy atom. The largest absolute Gasteiger partial charge is 0.324 e. The maximum absolute atomic E-state index is 6.05. The summed E-state index contributed by atoms with van der Waals surface area (Å²) in [6.07, 6.45) is 2.50. The first-order chi connectivity index (χ1) is 6.16. The molecule has 1 aliphatic rings. The molecule has 3 heteroatoms. The van der Waals surface area contributed by atoms with Crippen LogP contribution in [0.25, 0.3) is 0 Å². The Morgan fingerprint density at radius 3 is 2.77 bits per heavy atom. The smallest absolute Gasteiger partial charge is 0.129 e. The summed E-state index contributed by atoms with van der Waals surface area (Å²) < 4.78 is 0. The van der Waals surface area contributed by atoms with E-state index in [2.05, 4.69) is 4.98 Å². The number of halogens is 1. The van der Waals surface area contributed by atoms with E-state index < -0.39 is 0 Å². The van der Waals surface area contributed by atoms with Gasteiger partial charge in [-0.2, -0.15) is 0 Å². The zero-order valence-electron chi connectivity index (χ0n) is 7.63. The number of nitrogens with two attached hydrogens (primary N) is 1. The zero-order valence-corrected chi connectivity index (χ0v) is 8.38. The average Bonchev–Trinajstić information content (AvgIpc) is 2.83. The van der Waals surface area contributed by atoms with Crippen molar-refractivity contribution in [1.82, 2.24) is 4.98 Å². The molecule has 0 spiro atoms. The molecule has 0 saturated heterocycles. The van der Waals surface area contributed by atoms with Crippen LogP contribution in [-0.2, 0) is 0 Å². The fourth-order valence-electron chi connectivity index (χ4n) is 1.57. The third kappa shape index (κ3) is 2.01. The van der Waals surface area contributed by atoms with Crippen molar-refractivity contribution in [1.29, 1.82) is 0 Å². The Morgan fingerprint density at radius 1 is 1.54 bits per heavy atom. The Balaban J connectivity index is 2.27. The van der Waals surface area contributed by atoms with E-state index in [-0.39, 0.29) is 6.04 Å². The molecule has 0 bridgehead atoms. The molecule has 1 aromatic heterocycles. The van der Waals surface area contributed by atoms with E-state index in [1.165, 1.54) is 12.8 Å². The lowest BCUT2D eigenvalue weighted by atomic mass is 10.0. The number of aryl methyl sites for hydroxylation is 1. The van der Waals surface area contributed by atoms with Crippen LogP contribution in [0.3, 0.4) is 0 Å². The number of rotatable bonds is 2. The van der Waals surface area contributed by atoms with Gasteiger partial charge in [0.25, 0.3) is 0 Å². The Kier molecular flexibility index (Phi) is 2.26. The topological polar surface area (TPSA) is 38.9 Å². The zero-order chi connectivity index (χ0) is 9.42. The van der Waals surface area contributed by atoms with Crippen LogP contribution in [0.1, 0.15) is 30.1 Å². The standard InChI is InChI=1S/C10H13ClN2/c1-6-4-8(5-9(11)13-6)10(12)7-2-3-7/h4-5,7,10H,2-3,12H2,1H3. The van der Waals surface area contributed by atoms with Gasteiger partial charge in [-0.25, -0.2) is 4.98 Å². The van der Waals surface area contributed by atoms with Gasteiger partial charge in [-0.3, -0.25) is 0 Å². The highest BCUT2D eigenvalue weighted by molar-refractivity contribution is 6.29. The van der Waals surface area contributed by atoms with E-state index in [4.69, 9.17) is 17.3 Å². The molecule has 0 aromatic carbocycles. The SMILES string of the molecule is Cc1cc(C(N)C2CC2)cc(Cl)n1. The summed E-state index contributed by atoms with van der Waals surface area (Å²) in [5.74, 6) is 0.665. The molecule has 1 saturated carbocycles. The van der Waals surface area contributed by atoms with Gasteiger partial charge in [0.1, 0.15) is 5.15 Å². The van der Waals surface area contributed by atoms with Crippen molar-refractivity contribution in [2.24, 2.45) is 11.7 Å². The molecule has 1 aromatic rings. The number of hydrogen-bond acceptors (Lipinski definition) is 2. The van der Waals surface area contributed by atoms with Crippen LogP contribution < -0.4 is 5.73 Å². The van der Waals surface area contributed by atoms with Gasteiger partial charge in [0.05, 0.1) is 0 Å². The lowest BCUT2D eigenvalue weighted by molar-refractivity contribution is 0.632. The van der Waals surface area contributed by atoms with Crippen molar-refractivity contribution >= 4 is 11.6 Å². The van der Waals surface area contributed by atoms with Crippen molar-refractivity contribution in [2.75, 3.05) is 0 Å². The second-order valence-corrected chi connectivity index (χ2v) is 4.12. The molecule has 1 fully saturated rings. The van der Waals surface area contributed by atoms with Crippen LogP contribution in [0.2, 0.25) is 5.15 Å². The maximum Gasteiger partial charge on any atom is 0.129 e. The molecular weight excluding hydrogens is 184 g/mol. The minimum absolute atomic E-state index is 0.152. The second-order valence-electron chi connectivity index (χ2n) is 3.73. The van der Waals surface area contributed by atoms with Gasteiger partial charge in [0.2, 0.25) is 0 Å². The molecule has 1 unspecified atom stereocenters. The lowest BCUT2D eigenvalue weighted by Gasteiger charge is -2.11. The molecule has 0 aliphatic heterocycles. The van der Waals surface area contributed by atoms with Gasteiger partial charge in [-0.1, -0.05) is 11.6 Å². The second kappa shape index (κ2) is 3.28. The van der Waals surface area contributed by atoms with Gasteiger partial charge in [-0.05, 0) is 43.4 Å². The van der Waals surface area contributed by atoms with Crippen molar-refractivity contribution in [3.8, 4) is 0 Å². The highest BCUT2D eigenvalue weighted by atomic mass is 35.5. The van der Waals surface area contributed by atoms with Crippen LogP contribution in [-0.4, -0.2) is 4.98 Å². The summed E-state index contributed by atoms with van der Waals surface area (Å²) in [4.78, 5) is 4.11. The quantitative estimate of drug-likeness (QED) is 0.739. The molecule has 1 heterocycles. The number of aromatic nitrogens is 1. The first-order valence-electron chi connectivity index (χ1n) is 4.56. The first kappa shape index (κ1) is 8.97. The van der Waals surface area contributed by atoms with Crippen LogP contribution in [0, 0.1) is 12.8 Å². The van der Waals surface area contributed by atoms with Crippen molar-refractivity contribution in [2.45, 2.75) is 25.8 Å². The number of nitrogens with zero attached hydrogens (tertiary/aromatic N) is 1. The van der Waals surface area contributed by atoms with Crippen LogP contribution in [0.15, 0.2) is 12.1 Å². The van der Waals surface area contributed by atoms with E-state index in [1.54, 1.807) is 0 Å². The fraction of sp³-hybridized carbons (Fsp3) is 0.500. The van der Waals surface area contributed by atoms with Gasteiger partial charge >= 0.3 is 0 Å². The summed E-state index contributed by atoms with van der Waals surface area (Å²) in [6.45, 7) is 1.94. The molecule has 2 nitrogen and oxygen atoms in total. The Bertz CT molecular complexity index is 300. The third-order valence-electron chi connectivity index (χ3n) is 2.46. The Hall–Kier alpha value is -0.600. The Labute approximate surface area is 83.1 Å².